The molecule has 0 bridgehead atoms. The lowest BCUT2D eigenvalue weighted by Crippen LogP contribution is -2.49. The van der Waals surface area contributed by atoms with E-state index in [1.807, 2.05) is 30.3 Å². The smallest absolute Gasteiger partial charge is 0.339 e. The monoisotopic (exact) mass is 456 g/mol. The van der Waals surface area contributed by atoms with Gasteiger partial charge in [0, 0.05) is 44.4 Å². The van der Waals surface area contributed by atoms with E-state index in [4.69, 9.17) is 0 Å². The Hall–Kier alpha value is -3.46. The fraction of sp³-hybridized carbons (Fsp3) is 0.292. The van der Waals surface area contributed by atoms with Crippen molar-refractivity contribution in [3.8, 4) is 11.3 Å². The minimum absolute atomic E-state index is 0.140. The van der Waals surface area contributed by atoms with E-state index < -0.39 is 11.7 Å². The van der Waals surface area contributed by atoms with Gasteiger partial charge in [-0.05, 0) is 23.8 Å². The Morgan fingerprint density at radius 1 is 0.879 bits per heavy atom. The standard InChI is InChI=1S/C24H23F3N4O2/c25-24(26,27)20-8-6-18(7-9-20)16-29-12-14-30(15-13-29)23(33)17-31-22(32)11-10-21(28-31)19-4-2-1-3-5-19/h1-11H,12-17H2. The number of benzene rings is 2. The van der Waals surface area contributed by atoms with Crippen LogP contribution in [0.4, 0.5) is 13.2 Å². The number of nitrogens with zero attached hydrogens (tertiary/aromatic N) is 4. The van der Waals surface area contributed by atoms with Gasteiger partial charge < -0.3 is 4.90 Å². The average molecular weight is 456 g/mol. The van der Waals surface area contributed by atoms with Gasteiger partial charge >= 0.3 is 6.18 Å². The highest BCUT2D eigenvalue weighted by Gasteiger charge is 2.30. The maximum Gasteiger partial charge on any atom is 0.416 e. The summed E-state index contributed by atoms with van der Waals surface area (Å²) in [4.78, 5) is 28.8. The quantitative estimate of drug-likeness (QED) is 0.592. The van der Waals surface area contributed by atoms with E-state index in [9.17, 15) is 22.8 Å². The normalized spacial score (nSPS) is 14.9. The van der Waals surface area contributed by atoms with Crippen LogP contribution in [-0.4, -0.2) is 51.7 Å². The van der Waals surface area contributed by atoms with Gasteiger partial charge in [-0.3, -0.25) is 14.5 Å². The Bertz CT molecular complexity index is 1150. The van der Waals surface area contributed by atoms with E-state index in [2.05, 4.69) is 10.00 Å². The van der Waals surface area contributed by atoms with Gasteiger partial charge in [0.05, 0.1) is 11.3 Å². The van der Waals surface area contributed by atoms with Crippen molar-refractivity contribution >= 4 is 5.91 Å². The van der Waals surface area contributed by atoms with E-state index >= 15 is 0 Å². The molecule has 6 nitrogen and oxygen atoms in total. The molecule has 9 heteroatoms. The first-order chi connectivity index (χ1) is 15.8. The van der Waals surface area contributed by atoms with Crippen molar-refractivity contribution in [2.24, 2.45) is 0 Å². The maximum atomic E-state index is 12.8. The Morgan fingerprint density at radius 2 is 1.55 bits per heavy atom. The molecule has 0 N–H and O–H groups in total. The summed E-state index contributed by atoms with van der Waals surface area (Å²) in [6, 6.07) is 17.6. The van der Waals surface area contributed by atoms with E-state index in [1.54, 1.807) is 11.0 Å². The van der Waals surface area contributed by atoms with E-state index in [1.165, 1.54) is 22.9 Å². The summed E-state index contributed by atoms with van der Waals surface area (Å²) in [5.41, 5.74) is 1.25. The third-order valence-corrected chi connectivity index (χ3v) is 5.63. The first-order valence-electron chi connectivity index (χ1n) is 10.6. The van der Waals surface area contributed by atoms with Crippen molar-refractivity contribution in [3.63, 3.8) is 0 Å². The van der Waals surface area contributed by atoms with Crippen LogP contribution in [0.3, 0.4) is 0 Å². The summed E-state index contributed by atoms with van der Waals surface area (Å²) in [6.07, 6.45) is -4.35. The number of aromatic nitrogens is 2. The number of amides is 1. The van der Waals surface area contributed by atoms with Gasteiger partial charge in [0.25, 0.3) is 5.56 Å². The Labute approximate surface area is 188 Å². The predicted molar refractivity (Wildman–Crippen MR) is 117 cm³/mol. The number of halogens is 3. The number of piperazine rings is 1. The molecular weight excluding hydrogens is 433 g/mol. The lowest BCUT2D eigenvalue weighted by Gasteiger charge is -2.34. The first kappa shape index (κ1) is 22.7. The van der Waals surface area contributed by atoms with Crippen molar-refractivity contribution < 1.29 is 18.0 Å². The molecule has 2 aromatic carbocycles. The number of hydrogen-bond acceptors (Lipinski definition) is 4. The number of hydrogen-bond donors (Lipinski definition) is 0. The number of rotatable bonds is 5. The zero-order valence-corrected chi connectivity index (χ0v) is 17.8. The molecule has 1 aliphatic rings. The third kappa shape index (κ3) is 5.67. The highest BCUT2D eigenvalue weighted by Crippen LogP contribution is 2.29. The van der Waals surface area contributed by atoms with Gasteiger partial charge in [-0.25, -0.2) is 4.68 Å². The summed E-state index contributed by atoms with van der Waals surface area (Å²) in [5.74, 6) is -0.191. The topological polar surface area (TPSA) is 58.4 Å². The van der Waals surface area contributed by atoms with Gasteiger partial charge in [0.1, 0.15) is 6.54 Å². The highest BCUT2D eigenvalue weighted by atomic mass is 19.4. The molecule has 0 radical (unpaired) electrons. The van der Waals surface area contributed by atoms with Crippen LogP contribution >= 0.6 is 0 Å². The Kier molecular flexibility index (Phi) is 6.60. The fourth-order valence-corrected chi connectivity index (χ4v) is 3.77. The second-order valence-electron chi connectivity index (χ2n) is 7.93. The van der Waals surface area contributed by atoms with Crippen LogP contribution in [0.15, 0.2) is 71.5 Å². The molecule has 2 heterocycles. The van der Waals surface area contributed by atoms with Crippen molar-refractivity contribution in [1.29, 1.82) is 0 Å². The molecule has 0 atom stereocenters. The zero-order valence-electron chi connectivity index (χ0n) is 17.8. The lowest BCUT2D eigenvalue weighted by atomic mass is 10.1. The second kappa shape index (κ2) is 9.58. The molecule has 33 heavy (non-hydrogen) atoms. The van der Waals surface area contributed by atoms with Crippen LogP contribution in [0.25, 0.3) is 11.3 Å². The lowest BCUT2D eigenvalue weighted by molar-refractivity contribution is -0.137. The van der Waals surface area contributed by atoms with Crippen LogP contribution in [-0.2, 0) is 24.1 Å². The largest absolute Gasteiger partial charge is 0.416 e. The minimum Gasteiger partial charge on any atom is -0.339 e. The summed E-state index contributed by atoms with van der Waals surface area (Å²) in [7, 11) is 0. The summed E-state index contributed by atoms with van der Waals surface area (Å²) in [6.45, 7) is 2.52. The molecule has 4 rings (SSSR count). The number of carbonyl (C=O) groups excluding carboxylic acids is 1. The average Bonchev–Trinajstić information content (AvgIpc) is 2.81. The number of carbonyl (C=O) groups is 1. The van der Waals surface area contributed by atoms with Crippen molar-refractivity contribution in [1.82, 2.24) is 19.6 Å². The summed E-state index contributed by atoms with van der Waals surface area (Å²) < 4.78 is 39.3. The highest BCUT2D eigenvalue weighted by molar-refractivity contribution is 5.76. The van der Waals surface area contributed by atoms with Crippen molar-refractivity contribution in [2.75, 3.05) is 26.2 Å². The Balaban J connectivity index is 1.33. The van der Waals surface area contributed by atoms with Gasteiger partial charge in [-0.1, -0.05) is 42.5 Å². The van der Waals surface area contributed by atoms with Crippen LogP contribution < -0.4 is 5.56 Å². The molecule has 0 spiro atoms. The minimum atomic E-state index is -4.35. The van der Waals surface area contributed by atoms with Crippen molar-refractivity contribution in [3.05, 3.63) is 88.2 Å². The van der Waals surface area contributed by atoms with Crippen LogP contribution in [0.5, 0.6) is 0 Å². The molecule has 172 valence electrons. The van der Waals surface area contributed by atoms with Gasteiger partial charge in [0.15, 0.2) is 0 Å². The fourth-order valence-electron chi connectivity index (χ4n) is 3.77. The second-order valence-corrected chi connectivity index (χ2v) is 7.93. The Morgan fingerprint density at radius 3 is 2.18 bits per heavy atom. The predicted octanol–water partition coefficient (Wildman–Crippen LogP) is 3.27. The van der Waals surface area contributed by atoms with E-state index in [0.717, 1.165) is 23.3 Å². The van der Waals surface area contributed by atoms with Gasteiger partial charge in [-0.2, -0.15) is 18.3 Å². The molecule has 1 amide bonds. The summed E-state index contributed by atoms with van der Waals surface area (Å²) in [5, 5.41) is 4.34. The third-order valence-electron chi connectivity index (χ3n) is 5.63. The molecule has 0 aliphatic carbocycles. The molecule has 1 aliphatic heterocycles. The maximum absolute atomic E-state index is 12.8. The number of alkyl halides is 3. The zero-order chi connectivity index (χ0) is 23.4. The SMILES string of the molecule is O=C(Cn1nc(-c2ccccc2)ccc1=O)N1CCN(Cc2ccc(C(F)(F)F)cc2)CC1. The van der Waals surface area contributed by atoms with E-state index in [0.29, 0.717) is 38.4 Å². The first-order valence-corrected chi connectivity index (χ1v) is 10.6. The van der Waals surface area contributed by atoms with Crippen LogP contribution in [0.2, 0.25) is 0 Å². The van der Waals surface area contributed by atoms with E-state index in [-0.39, 0.29) is 18.0 Å². The molecule has 0 unspecified atom stereocenters. The van der Waals surface area contributed by atoms with Crippen LogP contribution in [0.1, 0.15) is 11.1 Å². The molecule has 1 saturated heterocycles. The molecule has 3 aromatic rings. The molecular formula is C24H23F3N4O2. The van der Waals surface area contributed by atoms with Gasteiger partial charge in [-0.15, -0.1) is 0 Å². The van der Waals surface area contributed by atoms with Crippen LogP contribution in [0, 0.1) is 0 Å². The molecule has 0 saturated carbocycles. The van der Waals surface area contributed by atoms with Crippen molar-refractivity contribution in [2.45, 2.75) is 19.3 Å². The molecule has 1 fully saturated rings. The van der Waals surface area contributed by atoms with Gasteiger partial charge in [0.2, 0.25) is 5.91 Å². The molecule has 1 aromatic heterocycles. The summed E-state index contributed by atoms with van der Waals surface area (Å²) >= 11 is 0.